The van der Waals surface area contributed by atoms with E-state index in [-0.39, 0.29) is 5.91 Å². The Morgan fingerprint density at radius 1 is 1.12 bits per heavy atom. The molecule has 1 aliphatic heterocycles. The number of amidine groups is 1. The molecule has 1 aliphatic rings. The number of nitrogens with zero attached hydrogens (tertiary/aromatic N) is 1. The zero-order valence-corrected chi connectivity index (χ0v) is 20.1. The first-order chi connectivity index (χ1) is 15.5. The van der Waals surface area contributed by atoms with Gasteiger partial charge >= 0.3 is 0 Å². The van der Waals surface area contributed by atoms with Crippen molar-refractivity contribution in [3.05, 3.63) is 92.3 Å². The third-order valence-corrected chi connectivity index (χ3v) is 6.38. The van der Waals surface area contributed by atoms with Crippen LogP contribution in [0.2, 0.25) is 5.02 Å². The number of amides is 1. The minimum atomic E-state index is -0.196. The van der Waals surface area contributed by atoms with Gasteiger partial charge in [-0.25, -0.2) is 4.99 Å². The lowest BCUT2D eigenvalue weighted by molar-refractivity contribution is -0.115. The smallest absolute Gasteiger partial charge is 0.264 e. The molecule has 3 aromatic carbocycles. The lowest BCUT2D eigenvalue weighted by Gasteiger charge is -2.14. The van der Waals surface area contributed by atoms with E-state index in [4.69, 9.17) is 21.1 Å². The van der Waals surface area contributed by atoms with Gasteiger partial charge in [-0.1, -0.05) is 48.0 Å². The van der Waals surface area contributed by atoms with Crippen LogP contribution in [0.3, 0.4) is 0 Å². The molecule has 32 heavy (non-hydrogen) atoms. The summed E-state index contributed by atoms with van der Waals surface area (Å²) in [5.41, 5.74) is 2.44. The molecule has 5 nitrogen and oxygen atoms in total. The summed E-state index contributed by atoms with van der Waals surface area (Å²) >= 11 is 11.1. The lowest BCUT2D eigenvalue weighted by atomic mass is 10.2. The molecular formula is C24H18BrClN2O3S. The number of aliphatic imine (C=N–C) groups is 1. The van der Waals surface area contributed by atoms with Crippen LogP contribution in [0.4, 0.5) is 5.69 Å². The maximum absolute atomic E-state index is 12.4. The molecule has 0 saturated carbocycles. The summed E-state index contributed by atoms with van der Waals surface area (Å²) in [4.78, 5) is 17.4. The Balaban J connectivity index is 1.55. The standard InChI is InChI=1S/C24H18BrClN2O3S/c1-30-20-12-15(11-18(25)22(20)31-14-16-7-5-6-10-19(16)26)13-21-23(29)28-24(32-21)27-17-8-3-2-4-9-17/h2-13H,14H2,1H3,(H,27,28,29)/b21-13-. The first-order valence-corrected chi connectivity index (χ1v) is 11.6. The van der Waals surface area contributed by atoms with Crippen molar-refractivity contribution in [3.8, 4) is 11.5 Å². The zero-order chi connectivity index (χ0) is 22.5. The molecule has 0 bridgehead atoms. The maximum atomic E-state index is 12.4. The quantitative estimate of drug-likeness (QED) is 0.366. The number of carbonyl (C=O) groups is 1. The Bertz CT molecular complexity index is 1220. The van der Waals surface area contributed by atoms with Crippen LogP contribution < -0.4 is 14.8 Å². The number of halogens is 2. The molecule has 8 heteroatoms. The number of para-hydroxylation sites is 1. The van der Waals surface area contributed by atoms with Gasteiger partial charge in [0, 0.05) is 10.6 Å². The summed E-state index contributed by atoms with van der Waals surface area (Å²) in [7, 11) is 1.57. The number of methoxy groups -OCH3 is 1. The summed E-state index contributed by atoms with van der Waals surface area (Å²) < 4.78 is 12.2. The number of carbonyl (C=O) groups excluding carboxylic acids is 1. The van der Waals surface area contributed by atoms with Gasteiger partial charge in [-0.3, -0.25) is 4.79 Å². The molecule has 0 atom stereocenters. The Labute approximate surface area is 203 Å². The molecule has 0 spiro atoms. The zero-order valence-electron chi connectivity index (χ0n) is 17.0. The predicted molar refractivity (Wildman–Crippen MR) is 134 cm³/mol. The Kier molecular flexibility index (Phi) is 7.19. The monoisotopic (exact) mass is 528 g/mol. The van der Waals surface area contributed by atoms with Crippen LogP contribution in [0, 0.1) is 0 Å². The van der Waals surface area contributed by atoms with E-state index < -0.39 is 0 Å². The normalized spacial score (nSPS) is 15.8. The molecule has 1 fully saturated rings. The average Bonchev–Trinajstić information content (AvgIpc) is 3.12. The van der Waals surface area contributed by atoms with E-state index in [9.17, 15) is 4.79 Å². The summed E-state index contributed by atoms with van der Waals surface area (Å²) in [6.07, 6.45) is 1.79. The largest absolute Gasteiger partial charge is 0.493 e. The summed E-state index contributed by atoms with van der Waals surface area (Å²) in [5, 5.41) is 3.98. The van der Waals surface area contributed by atoms with Crippen LogP contribution in [0.1, 0.15) is 11.1 Å². The van der Waals surface area contributed by atoms with Gasteiger partial charge in [-0.05, 0) is 69.7 Å². The first kappa shape index (κ1) is 22.5. The van der Waals surface area contributed by atoms with E-state index in [1.54, 1.807) is 13.2 Å². The molecular weight excluding hydrogens is 512 g/mol. The van der Waals surface area contributed by atoms with Gasteiger partial charge in [0.05, 0.1) is 22.2 Å². The van der Waals surface area contributed by atoms with E-state index in [0.717, 1.165) is 16.8 Å². The van der Waals surface area contributed by atoms with Crippen LogP contribution in [-0.2, 0) is 11.4 Å². The number of thioether (sulfide) groups is 1. The van der Waals surface area contributed by atoms with Crippen LogP contribution >= 0.6 is 39.3 Å². The van der Waals surface area contributed by atoms with Gasteiger partial charge in [-0.2, -0.15) is 0 Å². The van der Waals surface area contributed by atoms with E-state index in [1.165, 1.54) is 11.8 Å². The Hall–Kier alpha value is -2.74. The highest BCUT2D eigenvalue weighted by Crippen LogP contribution is 2.39. The Morgan fingerprint density at radius 2 is 1.88 bits per heavy atom. The van der Waals surface area contributed by atoms with Crippen LogP contribution in [0.5, 0.6) is 11.5 Å². The number of benzene rings is 3. The lowest BCUT2D eigenvalue weighted by Crippen LogP contribution is -2.19. The van der Waals surface area contributed by atoms with Gasteiger partial charge < -0.3 is 14.8 Å². The summed E-state index contributed by atoms with van der Waals surface area (Å²) in [6.45, 7) is 0.298. The molecule has 0 aliphatic carbocycles. The van der Waals surface area contributed by atoms with Crippen molar-refractivity contribution < 1.29 is 14.3 Å². The highest BCUT2D eigenvalue weighted by molar-refractivity contribution is 9.10. The van der Waals surface area contributed by atoms with Crippen LogP contribution in [0.15, 0.2) is 81.1 Å². The number of hydrogen-bond donors (Lipinski definition) is 1. The fourth-order valence-electron chi connectivity index (χ4n) is 2.98. The third-order valence-electron chi connectivity index (χ3n) is 4.52. The summed E-state index contributed by atoms with van der Waals surface area (Å²) in [6, 6.07) is 20.7. The third kappa shape index (κ3) is 5.35. The number of ether oxygens (including phenoxy) is 2. The van der Waals surface area contributed by atoms with E-state index in [1.807, 2.05) is 66.7 Å². The maximum Gasteiger partial charge on any atom is 0.264 e. The molecule has 0 aromatic heterocycles. The summed E-state index contributed by atoms with van der Waals surface area (Å²) in [5.74, 6) is 0.906. The van der Waals surface area contributed by atoms with Gasteiger partial charge in [0.2, 0.25) is 0 Å². The van der Waals surface area contributed by atoms with E-state index >= 15 is 0 Å². The molecule has 1 amide bonds. The van der Waals surface area contributed by atoms with Crippen molar-refractivity contribution >= 4 is 62.1 Å². The van der Waals surface area contributed by atoms with E-state index in [0.29, 0.717) is 37.7 Å². The minimum Gasteiger partial charge on any atom is -0.493 e. The van der Waals surface area contributed by atoms with Crippen molar-refractivity contribution in [1.82, 2.24) is 5.32 Å². The van der Waals surface area contributed by atoms with Gasteiger partial charge in [-0.15, -0.1) is 0 Å². The average molecular weight is 530 g/mol. The number of hydrogen-bond acceptors (Lipinski definition) is 5. The second kappa shape index (κ2) is 10.3. The Morgan fingerprint density at radius 3 is 2.62 bits per heavy atom. The van der Waals surface area contributed by atoms with Crippen LogP contribution in [0.25, 0.3) is 6.08 Å². The molecule has 1 heterocycles. The molecule has 1 N–H and O–H groups in total. The van der Waals surface area contributed by atoms with Gasteiger partial charge in [0.1, 0.15) is 6.61 Å². The molecule has 0 radical (unpaired) electrons. The molecule has 0 unspecified atom stereocenters. The highest BCUT2D eigenvalue weighted by Gasteiger charge is 2.24. The molecule has 1 saturated heterocycles. The fraction of sp³-hybridized carbons (Fsp3) is 0.0833. The van der Waals surface area contributed by atoms with Crippen molar-refractivity contribution in [2.24, 2.45) is 4.99 Å². The van der Waals surface area contributed by atoms with Crippen LogP contribution in [-0.4, -0.2) is 18.2 Å². The van der Waals surface area contributed by atoms with Crippen molar-refractivity contribution in [3.63, 3.8) is 0 Å². The second-order valence-corrected chi connectivity index (χ2v) is 9.02. The van der Waals surface area contributed by atoms with Gasteiger partial charge in [0.25, 0.3) is 5.91 Å². The topological polar surface area (TPSA) is 59.9 Å². The van der Waals surface area contributed by atoms with Crippen molar-refractivity contribution in [2.45, 2.75) is 6.61 Å². The van der Waals surface area contributed by atoms with Crippen molar-refractivity contribution in [1.29, 1.82) is 0 Å². The number of rotatable bonds is 6. The highest BCUT2D eigenvalue weighted by atomic mass is 79.9. The van der Waals surface area contributed by atoms with E-state index in [2.05, 4.69) is 26.2 Å². The SMILES string of the molecule is COc1cc(/C=C2\SC(=Nc3ccccc3)NC2=O)cc(Br)c1OCc1ccccc1Cl. The number of nitrogens with one attached hydrogen (secondary N) is 1. The minimum absolute atomic E-state index is 0.196. The molecule has 3 aromatic rings. The molecule has 4 rings (SSSR count). The second-order valence-electron chi connectivity index (χ2n) is 6.73. The fourth-order valence-corrected chi connectivity index (χ4v) is 4.59. The first-order valence-electron chi connectivity index (χ1n) is 9.62. The molecule has 162 valence electrons. The van der Waals surface area contributed by atoms with Gasteiger partial charge in [0.15, 0.2) is 16.7 Å². The van der Waals surface area contributed by atoms with Crippen molar-refractivity contribution in [2.75, 3.05) is 7.11 Å². The predicted octanol–water partition coefficient (Wildman–Crippen LogP) is 6.58.